The third-order valence-electron chi connectivity index (χ3n) is 17.0. The smallest absolute Gasteiger partial charge is 0.404 e. The molecule has 4 saturated heterocycles. The van der Waals surface area contributed by atoms with Gasteiger partial charge in [-0.15, -0.1) is 0 Å². The summed E-state index contributed by atoms with van der Waals surface area (Å²) in [6.45, 7) is -10.1. The van der Waals surface area contributed by atoms with Crippen molar-refractivity contribution in [2.75, 3.05) is 26.3 Å². The first-order valence-corrected chi connectivity index (χ1v) is 42.3. The molecule has 0 spiro atoms. The lowest BCUT2D eigenvalue weighted by molar-refractivity contribution is -0.179. The first-order chi connectivity index (χ1) is 58.5. The Kier molecular flexibility index (Phi) is 24.6. The van der Waals surface area contributed by atoms with Crippen LogP contribution in [0.15, 0.2) is 136 Å². The summed E-state index contributed by atoms with van der Waals surface area (Å²) in [7, 11) is -17.9. The van der Waals surface area contributed by atoms with Crippen molar-refractivity contribution in [2.45, 2.75) is 125 Å². The largest absolute Gasteiger partial charge is 0.530 e. The van der Waals surface area contributed by atoms with Gasteiger partial charge in [-0.05, 0) is 72.8 Å². The molecular formula is C64H56Cl8F4N8O32P4. The lowest BCUT2D eigenvalue weighted by atomic mass is 10.2. The van der Waals surface area contributed by atoms with Gasteiger partial charge >= 0.3 is 54.0 Å². The van der Waals surface area contributed by atoms with Crippen LogP contribution in [0.2, 0.25) is 40.2 Å². The van der Waals surface area contributed by atoms with E-state index in [1.165, 1.54) is 66.7 Å². The second-order valence-corrected chi connectivity index (χ2v) is 35.4. The van der Waals surface area contributed by atoms with Gasteiger partial charge in [0.25, 0.3) is 22.2 Å². The number of hydrogen-bond acceptors (Lipinski definition) is 32. The molecule has 8 N–H and O–H groups in total. The number of halogens is 12. The van der Waals surface area contributed by atoms with Crippen molar-refractivity contribution in [3.05, 3.63) is 243 Å². The van der Waals surface area contributed by atoms with E-state index in [-0.39, 0.29) is 59.0 Å². The number of hydrogen-bond donors (Lipinski definition) is 8. The summed E-state index contributed by atoms with van der Waals surface area (Å²) in [6.07, 6.45) is -16.9. The van der Waals surface area contributed by atoms with Crippen molar-refractivity contribution >= 4 is 124 Å². The van der Waals surface area contributed by atoms with Crippen LogP contribution in [0.1, 0.15) is 81.0 Å². The predicted molar refractivity (Wildman–Crippen MR) is 405 cm³/mol. The Labute approximate surface area is 713 Å². The van der Waals surface area contributed by atoms with E-state index in [0.717, 1.165) is 23.2 Å². The van der Waals surface area contributed by atoms with Gasteiger partial charge in [0.05, 0.1) is 34.7 Å². The number of nitrogens with zero attached hydrogens (tertiary/aromatic N) is 4. The van der Waals surface area contributed by atoms with Gasteiger partial charge in [-0.25, -0.2) is 55.0 Å². The molecule has 8 aliphatic heterocycles. The molecule has 16 atom stereocenters. The molecule has 8 aromatic rings. The highest BCUT2D eigenvalue weighted by atomic mass is 35.5. The molecule has 0 aliphatic carbocycles. The molecule has 8 aliphatic rings. The van der Waals surface area contributed by atoms with Crippen molar-refractivity contribution in [3.8, 4) is 23.0 Å². The van der Waals surface area contributed by atoms with Crippen LogP contribution in [0.5, 0.6) is 23.0 Å². The number of H-pyrrole nitrogens is 4. The average molecular weight is 1940 g/mol. The SMILES string of the molecule is O=c1[nH]c(=O)n([C@@H]2O[C@](F)(COP3(=O)OCc4cc(Cl)ccc4O3)C[C@H]2O)cc1Cl.[2H]C([2H])(OP1(=O)OCc2cc(Cl)ccc2O1)[C@]1(F)C[C@@H](O)[C@H](n2cc(Cl)c(=O)[nH]c2=O)O1.[2H]C([2H])(OP1(=O)OCc2cc(Cl)ccc2O1)[C@]1(F)C[C@@H](O)[C@]([2H])(n2cc(Cl)c(=O)[nH]c2=O)O1.[2H][C@@]1(n2cc(Cl)c(=O)[nH]c2=O)O[C@](F)(COP2(=O)OCc3cc(Cl)ccc3O2)C[C@H]1O. The molecule has 120 heavy (non-hydrogen) atoms. The van der Waals surface area contributed by atoms with Crippen molar-refractivity contribution in [3.63, 3.8) is 0 Å². The minimum Gasteiger partial charge on any atom is -0.404 e. The van der Waals surface area contributed by atoms with Crippen LogP contribution in [-0.2, 0) is 99.8 Å². The molecule has 4 unspecified atom stereocenters. The standard InChI is InChI=1S/4C16H14Cl2FN2O8P/c4*17-9-1-2-12-8(3-9)6-26-30(25,29-12)27-7-16(19)4-11(22)14(28-16)21-5-10(18)13(23)20-15(21)24/h4*1-3,5,11,14,22H,4,6-7H2,(H,20,23,24)/t4*11-,14-,16+,30?/m1111/s1/i7D2,14D;14D;7D2;. The normalized spacial score (nSPS) is 32.9. The van der Waals surface area contributed by atoms with Gasteiger partial charge in [-0.3, -0.25) is 93.6 Å². The zero-order valence-electron chi connectivity index (χ0n) is 65.1. The maximum absolute atomic E-state index is 15.6. The third-order valence-corrected chi connectivity index (χ3v) is 24.0. The third kappa shape index (κ3) is 21.0. The molecule has 56 heteroatoms. The Bertz CT molecular complexity index is 6400. The molecule has 4 aromatic carbocycles. The molecule has 4 aromatic heterocycles. The Balaban J connectivity index is 0.000000144. The fraction of sp³-hybridized carbons (Fsp3) is 0.375. The number of phosphoric acid groups is 4. The highest BCUT2D eigenvalue weighted by Gasteiger charge is 2.55. The number of aromatic nitrogens is 8. The maximum Gasteiger partial charge on any atom is 0.530 e. The summed E-state index contributed by atoms with van der Waals surface area (Å²) in [4.78, 5) is 101. The predicted octanol–water partition coefficient (Wildman–Crippen LogP) is 10.1. The molecule has 12 heterocycles. The van der Waals surface area contributed by atoms with E-state index in [9.17, 15) is 77.0 Å². The summed E-state index contributed by atoms with van der Waals surface area (Å²) < 4.78 is 243. The number of phosphoric ester groups is 4. The monoisotopic (exact) mass is 1930 g/mol. The quantitative estimate of drug-likeness (QED) is 0.0329. The van der Waals surface area contributed by atoms with Gasteiger partial charge in [0.2, 0.25) is 23.4 Å². The number of nitrogens with one attached hydrogen (secondary N) is 4. The van der Waals surface area contributed by atoms with Crippen molar-refractivity contribution in [1.82, 2.24) is 38.2 Å². The van der Waals surface area contributed by atoms with E-state index in [2.05, 4.69) is 0 Å². The van der Waals surface area contributed by atoms with Crippen molar-refractivity contribution < 1.29 is 138 Å². The Morgan fingerprint density at radius 1 is 0.392 bits per heavy atom. The summed E-state index contributed by atoms with van der Waals surface area (Å²) in [6, 6.07) is 17.4. The van der Waals surface area contributed by atoms with Crippen LogP contribution in [0, 0.1) is 0 Å². The van der Waals surface area contributed by atoms with Gasteiger partial charge in [-0.2, -0.15) is 0 Å². The molecular weight excluding hydrogens is 1880 g/mol. The molecule has 0 saturated carbocycles. The summed E-state index contributed by atoms with van der Waals surface area (Å²) >= 11 is 46.1. The average Bonchev–Trinajstić information content (AvgIpc) is 1.58. The van der Waals surface area contributed by atoms with Crippen LogP contribution in [0.3, 0.4) is 0 Å². The number of aliphatic hydroxyl groups is 4. The zero-order valence-corrected chi connectivity index (χ0v) is 68.7. The highest BCUT2D eigenvalue weighted by molar-refractivity contribution is 7.49. The van der Waals surface area contributed by atoms with Crippen LogP contribution in [0.25, 0.3) is 0 Å². The van der Waals surface area contributed by atoms with Crippen LogP contribution in [0.4, 0.5) is 17.6 Å². The lowest BCUT2D eigenvalue weighted by Gasteiger charge is -2.27. The molecule has 0 amide bonds. The topological polar surface area (TPSA) is 516 Å². The van der Waals surface area contributed by atoms with Gasteiger partial charge in [0, 0.05) is 92.8 Å². The first-order valence-electron chi connectivity index (χ1n) is 36.4. The zero-order chi connectivity index (χ0) is 92.2. The van der Waals surface area contributed by atoms with E-state index in [0.29, 0.717) is 57.7 Å². The minimum atomic E-state index is -4.75. The number of rotatable bonds is 16. The van der Waals surface area contributed by atoms with Crippen LogP contribution in [-0.4, -0.2) is 133 Å². The number of fused-ring (bicyclic) bond motifs is 4. The number of aliphatic hydroxyl groups excluding tert-OH is 4. The Morgan fingerprint density at radius 3 is 0.975 bits per heavy atom. The first kappa shape index (κ1) is 82.7. The number of ether oxygens (including phenoxy) is 4. The Hall–Kier alpha value is -6.88. The van der Waals surface area contributed by atoms with Gasteiger partial charge in [-0.1, -0.05) is 92.8 Å². The highest BCUT2D eigenvalue weighted by Crippen LogP contribution is 2.60. The summed E-state index contributed by atoms with van der Waals surface area (Å²) in [5.41, 5.74) is -6.36. The lowest BCUT2D eigenvalue weighted by Crippen LogP contribution is -2.36. The van der Waals surface area contributed by atoms with Gasteiger partial charge < -0.3 is 57.5 Å². The molecule has 648 valence electrons. The second kappa shape index (κ2) is 35.6. The molecule has 0 radical (unpaired) electrons. The molecule has 0 bridgehead atoms. The molecule has 40 nitrogen and oxygen atoms in total. The fourth-order valence-electron chi connectivity index (χ4n) is 11.5. The van der Waals surface area contributed by atoms with Crippen LogP contribution < -0.4 is 63.1 Å². The van der Waals surface area contributed by atoms with Gasteiger partial charge in [0.1, 0.15) is 93.8 Å². The molecule has 16 rings (SSSR count). The van der Waals surface area contributed by atoms with E-state index in [1.807, 2.05) is 15.0 Å². The van der Waals surface area contributed by atoms with E-state index in [1.54, 1.807) is 11.1 Å². The van der Waals surface area contributed by atoms with Crippen LogP contribution >= 0.6 is 124 Å². The maximum atomic E-state index is 15.6. The van der Waals surface area contributed by atoms with Crippen molar-refractivity contribution in [1.29, 1.82) is 0 Å². The summed E-state index contributed by atoms with van der Waals surface area (Å²) in [5.74, 6) is -12.1. The summed E-state index contributed by atoms with van der Waals surface area (Å²) in [5, 5.41) is 40.6. The van der Waals surface area contributed by atoms with Crippen molar-refractivity contribution in [2.24, 2.45) is 0 Å². The molecule has 4 fully saturated rings. The number of benzene rings is 4. The van der Waals surface area contributed by atoms with E-state index in [4.69, 9.17) is 174 Å². The van der Waals surface area contributed by atoms with Gasteiger partial charge in [0.15, 0.2) is 24.9 Å². The number of alkyl halides is 4. The Morgan fingerprint density at radius 2 is 0.642 bits per heavy atom. The second-order valence-electron chi connectivity index (χ2n) is 25.8. The fourth-order valence-corrected chi connectivity index (χ4v) is 17.5. The van der Waals surface area contributed by atoms with E-state index >= 15 is 17.6 Å². The minimum absolute atomic E-state index is 0.00524. The van der Waals surface area contributed by atoms with E-state index < -0.39 is 216 Å². The number of aromatic amines is 4.